The van der Waals surface area contributed by atoms with E-state index in [0.717, 1.165) is 24.8 Å². The summed E-state index contributed by atoms with van der Waals surface area (Å²) in [6, 6.07) is 8.42. The highest BCUT2D eigenvalue weighted by molar-refractivity contribution is 5.32. The fraction of sp³-hybridized carbons (Fsp3) is 0.375. The molecule has 0 unspecified atom stereocenters. The third-order valence-corrected chi connectivity index (χ3v) is 2.94. The summed E-state index contributed by atoms with van der Waals surface area (Å²) in [7, 11) is 0. The molecular weight excluding hydrogens is 206 g/mol. The van der Waals surface area contributed by atoms with Crippen LogP contribution in [0.1, 0.15) is 37.8 Å². The Bertz CT molecular complexity index is 396. The number of nitrogens with two attached hydrogens (primary N) is 1. The maximum Gasteiger partial charge on any atom is 0.0355 e. The van der Waals surface area contributed by atoms with Crippen LogP contribution >= 0.6 is 0 Å². The van der Waals surface area contributed by atoms with E-state index in [9.17, 15) is 0 Å². The second kappa shape index (κ2) is 5.83. The molecule has 0 amide bonds. The van der Waals surface area contributed by atoms with Gasteiger partial charge in [0.15, 0.2) is 0 Å². The lowest BCUT2D eigenvalue weighted by atomic mass is 9.88. The van der Waals surface area contributed by atoms with Crippen molar-refractivity contribution >= 4 is 0 Å². The van der Waals surface area contributed by atoms with Gasteiger partial charge in [-0.2, -0.15) is 0 Å². The van der Waals surface area contributed by atoms with E-state index in [4.69, 9.17) is 5.73 Å². The van der Waals surface area contributed by atoms with Gasteiger partial charge in [0.05, 0.1) is 0 Å². The van der Waals surface area contributed by atoms with E-state index in [1.54, 1.807) is 0 Å². The predicted molar refractivity (Wildman–Crippen MR) is 75.9 cm³/mol. The molecule has 0 radical (unpaired) electrons. The standard InChI is InChI=1S/C16H23N/c1-5-13(2)9-8-11-14-10-6-7-12-15(14)16(3,4)17/h5-7,10,12H,1-2,8-9,11,17H2,3-4H3. The highest BCUT2D eigenvalue weighted by Crippen LogP contribution is 2.23. The Labute approximate surface area is 105 Å². The van der Waals surface area contributed by atoms with E-state index >= 15 is 0 Å². The maximum absolute atomic E-state index is 6.18. The third-order valence-electron chi connectivity index (χ3n) is 2.94. The van der Waals surface area contributed by atoms with Crippen LogP contribution < -0.4 is 5.73 Å². The van der Waals surface area contributed by atoms with Crippen molar-refractivity contribution in [2.24, 2.45) is 5.73 Å². The quantitative estimate of drug-likeness (QED) is 0.734. The van der Waals surface area contributed by atoms with Crippen LogP contribution in [0.4, 0.5) is 0 Å². The van der Waals surface area contributed by atoms with Crippen molar-refractivity contribution in [3.8, 4) is 0 Å². The number of hydrogen-bond donors (Lipinski definition) is 1. The number of allylic oxidation sites excluding steroid dienone is 2. The molecule has 0 aliphatic rings. The summed E-state index contributed by atoms with van der Waals surface area (Å²) < 4.78 is 0. The third kappa shape index (κ3) is 4.20. The normalized spacial score (nSPS) is 11.2. The van der Waals surface area contributed by atoms with Gasteiger partial charge in [-0.1, -0.05) is 49.1 Å². The minimum Gasteiger partial charge on any atom is -0.322 e. The summed E-state index contributed by atoms with van der Waals surface area (Å²) in [5.41, 5.74) is 9.60. The Balaban J connectivity index is 2.71. The van der Waals surface area contributed by atoms with Crippen molar-refractivity contribution in [2.45, 2.75) is 38.6 Å². The van der Waals surface area contributed by atoms with Crippen molar-refractivity contribution in [3.63, 3.8) is 0 Å². The Morgan fingerprint density at radius 2 is 2.00 bits per heavy atom. The zero-order valence-electron chi connectivity index (χ0n) is 11.0. The first kappa shape index (κ1) is 13.7. The Morgan fingerprint density at radius 3 is 2.59 bits per heavy atom. The van der Waals surface area contributed by atoms with Crippen LogP contribution in [0.3, 0.4) is 0 Å². The molecule has 1 aromatic carbocycles. The molecule has 0 spiro atoms. The zero-order chi connectivity index (χ0) is 12.9. The van der Waals surface area contributed by atoms with Gasteiger partial charge in [0.25, 0.3) is 0 Å². The zero-order valence-corrected chi connectivity index (χ0v) is 11.0. The van der Waals surface area contributed by atoms with Crippen LogP contribution in [0.2, 0.25) is 0 Å². The molecule has 0 heterocycles. The van der Waals surface area contributed by atoms with Crippen molar-refractivity contribution < 1.29 is 0 Å². The SMILES string of the molecule is C=CC(=C)CCCc1ccccc1C(C)(C)N. The first-order valence-corrected chi connectivity index (χ1v) is 6.12. The predicted octanol–water partition coefficient (Wildman–Crippen LogP) is 3.95. The molecule has 0 aromatic heterocycles. The maximum atomic E-state index is 6.18. The molecule has 1 nitrogen and oxygen atoms in total. The molecule has 0 aliphatic heterocycles. The Hall–Kier alpha value is -1.34. The first-order chi connectivity index (χ1) is 7.95. The fourth-order valence-corrected chi connectivity index (χ4v) is 1.97. The lowest BCUT2D eigenvalue weighted by Gasteiger charge is -2.23. The van der Waals surface area contributed by atoms with Crippen LogP contribution in [-0.2, 0) is 12.0 Å². The molecule has 0 fully saturated rings. The topological polar surface area (TPSA) is 26.0 Å². The highest BCUT2D eigenvalue weighted by Gasteiger charge is 2.17. The van der Waals surface area contributed by atoms with E-state index in [2.05, 4.69) is 51.3 Å². The molecule has 1 rings (SSSR count). The lowest BCUT2D eigenvalue weighted by Crippen LogP contribution is -2.30. The van der Waals surface area contributed by atoms with E-state index in [1.807, 2.05) is 6.08 Å². The summed E-state index contributed by atoms with van der Waals surface area (Å²) in [6.45, 7) is 11.8. The van der Waals surface area contributed by atoms with E-state index in [-0.39, 0.29) is 5.54 Å². The average Bonchev–Trinajstić information content (AvgIpc) is 2.28. The number of aryl methyl sites for hydroxylation is 1. The van der Waals surface area contributed by atoms with Gasteiger partial charge in [-0.3, -0.25) is 0 Å². The summed E-state index contributed by atoms with van der Waals surface area (Å²) in [4.78, 5) is 0. The van der Waals surface area contributed by atoms with Gasteiger partial charge >= 0.3 is 0 Å². The monoisotopic (exact) mass is 229 g/mol. The van der Waals surface area contributed by atoms with Gasteiger partial charge in [0, 0.05) is 5.54 Å². The van der Waals surface area contributed by atoms with Gasteiger partial charge in [-0.05, 0) is 44.2 Å². The van der Waals surface area contributed by atoms with Crippen molar-refractivity contribution in [3.05, 3.63) is 60.2 Å². The van der Waals surface area contributed by atoms with Crippen molar-refractivity contribution in [1.29, 1.82) is 0 Å². The first-order valence-electron chi connectivity index (χ1n) is 6.12. The summed E-state index contributed by atoms with van der Waals surface area (Å²) >= 11 is 0. The van der Waals surface area contributed by atoms with E-state index in [0.29, 0.717) is 0 Å². The Morgan fingerprint density at radius 1 is 1.35 bits per heavy atom. The summed E-state index contributed by atoms with van der Waals surface area (Å²) in [6.07, 6.45) is 4.98. The second-order valence-electron chi connectivity index (χ2n) is 5.09. The van der Waals surface area contributed by atoms with Crippen LogP contribution in [0.15, 0.2) is 49.1 Å². The molecule has 92 valence electrons. The fourth-order valence-electron chi connectivity index (χ4n) is 1.97. The van der Waals surface area contributed by atoms with Crippen LogP contribution in [-0.4, -0.2) is 0 Å². The molecule has 0 saturated heterocycles. The molecule has 1 aromatic rings. The molecule has 2 N–H and O–H groups in total. The number of benzene rings is 1. The second-order valence-corrected chi connectivity index (χ2v) is 5.09. The molecule has 17 heavy (non-hydrogen) atoms. The number of rotatable bonds is 6. The molecule has 0 atom stereocenters. The smallest absolute Gasteiger partial charge is 0.0355 e. The summed E-state index contributed by atoms with van der Waals surface area (Å²) in [5, 5.41) is 0. The molecular formula is C16H23N. The van der Waals surface area contributed by atoms with E-state index < -0.39 is 0 Å². The van der Waals surface area contributed by atoms with Gasteiger partial charge in [-0.15, -0.1) is 0 Å². The van der Waals surface area contributed by atoms with Gasteiger partial charge in [0.2, 0.25) is 0 Å². The minimum atomic E-state index is -0.272. The molecule has 1 heteroatoms. The van der Waals surface area contributed by atoms with Gasteiger partial charge in [0.1, 0.15) is 0 Å². The molecule has 0 bridgehead atoms. The van der Waals surface area contributed by atoms with E-state index in [1.165, 1.54) is 11.1 Å². The van der Waals surface area contributed by atoms with Crippen LogP contribution in [0.5, 0.6) is 0 Å². The van der Waals surface area contributed by atoms with Crippen LogP contribution in [0, 0.1) is 0 Å². The van der Waals surface area contributed by atoms with Gasteiger partial charge in [-0.25, -0.2) is 0 Å². The average molecular weight is 229 g/mol. The van der Waals surface area contributed by atoms with Crippen molar-refractivity contribution in [1.82, 2.24) is 0 Å². The largest absolute Gasteiger partial charge is 0.322 e. The Kier molecular flexibility index (Phi) is 4.71. The minimum absolute atomic E-state index is 0.272. The highest BCUT2D eigenvalue weighted by atomic mass is 14.7. The molecule has 0 saturated carbocycles. The van der Waals surface area contributed by atoms with Gasteiger partial charge < -0.3 is 5.73 Å². The number of hydrogen-bond acceptors (Lipinski definition) is 1. The van der Waals surface area contributed by atoms with Crippen LogP contribution in [0.25, 0.3) is 0 Å². The summed E-state index contributed by atoms with van der Waals surface area (Å²) in [5.74, 6) is 0. The lowest BCUT2D eigenvalue weighted by molar-refractivity contribution is 0.546. The molecule has 0 aliphatic carbocycles. The van der Waals surface area contributed by atoms with Crippen molar-refractivity contribution in [2.75, 3.05) is 0 Å².